The molecule has 0 aliphatic carbocycles. The number of hydrogen-bond donors (Lipinski definition) is 0. The molecule has 0 fully saturated rings. The molecule has 0 saturated heterocycles. The van der Waals surface area contributed by atoms with Gasteiger partial charge in [-0.15, -0.1) is 0 Å². The summed E-state index contributed by atoms with van der Waals surface area (Å²) in [5.41, 5.74) is 18.2. The van der Waals surface area contributed by atoms with Crippen molar-refractivity contribution in [3.63, 3.8) is 0 Å². The summed E-state index contributed by atoms with van der Waals surface area (Å²) in [4.78, 5) is 15.8. The fourth-order valence-electron chi connectivity index (χ4n) is 13.0. The van der Waals surface area contributed by atoms with Crippen LogP contribution < -0.4 is 0 Å². The van der Waals surface area contributed by atoms with Crippen molar-refractivity contribution in [3.05, 3.63) is 285 Å². The lowest BCUT2D eigenvalue weighted by Crippen LogP contribution is -2.04. The van der Waals surface area contributed by atoms with E-state index < -0.39 is 0 Å². The fourth-order valence-corrected chi connectivity index (χ4v) is 13.0. The molecule has 12 aromatic carbocycles. The van der Waals surface area contributed by atoms with Crippen molar-refractivity contribution in [1.82, 2.24) is 33.2 Å². The summed E-state index contributed by atoms with van der Waals surface area (Å²) in [6.45, 7) is 0. The van der Waals surface area contributed by atoms with Gasteiger partial charge in [-0.05, 0) is 96.1 Å². The van der Waals surface area contributed by atoms with Crippen LogP contribution in [-0.4, -0.2) is 33.2 Å². The lowest BCUT2D eigenvalue weighted by Gasteiger charge is -2.19. The Morgan fingerprint density at radius 3 is 1.01 bits per heavy atom. The first-order valence-electron chi connectivity index (χ1n) is 27.8. The van der Waals surface area contributed by atoms with Crippen LogP contribution >= 0.6 is 0 Å². The third-order valence-electron chi connectivity index (χ3n) is 16.6. The quantitative estimate of drug-likeness (QED) is 0.152. The van der Waals surface area contributed by atoms with E-state index in [4.69, 9.17) is 15.0 Å². The molecule has 0 amide bonds. The topological polar surface area (TPSA) is 58.4 Å². The average Bonchev–Trinajstić information content (AvgIpc) is 3.15. The molecule has 82 heavy (non-hydrogen) atoms. The SMILES string of the molecule is c1ccc(-c2nc(-c3cccc(-c4ccc(-n5c6ccccc6c6ccccc65)c(-n5c6ccccc6c6ccc(-n7c8ccccc8c8ccccc87)cc65)c4)c3)nc(-c3cccc(-n4c5ccccc5c5ccccc54)c3)n2)cc1. The van der Waals surface area contributed by atoms with Crippen molar-refractivity contribution in [2.45, 2.75) is 0 Å². The number of rotatable bonds is 8. The molecule has 382 valence electrons. The molecule has 0 aliphatic rings. The molecule has 0 atom stereocenters. The first-order chi connectivity index (χ1) is 40.7. The predicted molar refractivity (Wildman–Crippen MR) is 339 cm³/mol. The van der Waals surface area contributed by atoms with E-state index in [9.17, 15) is 0 Å². The van der Waals surface area contributed by atoms with Gasteiger partial charge in [-0.3, -0.25) is 0 Å². The average molecular weight is 1050 g/mol. The normalized spacial score (nSPS) is 11.9. The summed E-state index contributed by atoms with van der Waals surface area (Å²) < 4.78 is 9.69. The van der Waals surface area contributed by atoms with E-state index in [0.29, 0.717) is 17.5 Å². The highest BCUT2D eigenvalue weighted by atomic mass is 15.1. The summed E-state index contributed by atoms with van der Waals surface area (Å²) in [5, 5.41) is 9.68. The Bertz CT molecular complexity index is 5260. The van der Waals surface area contributed by atoms with Crippen molar-refractivity contribution in [2.24, 2.45) is 0 Å². The van der Waals surface area contributed by atoms with Gasteiger partial charge >= 0.3 is 0 Å². The Labute approximate surface area is 471 Å². The Kier molecular flexibility index (Phi) is 10.2. The first kappa shape index (κ1) is 45.8. The highest BCUT2D eigenvalue weighted by molar-refractivity contribution is 6.14. The summed E-state index contributed by atoms with van der Waals surface area (Å²) in [7, 11) is 0. The summed E-state index contributed by atoms with van der Waals surface area (Å²) in [5.74, 6) is 1.80. The maximum atomic E-state index is 5.34. The van der Waals surface area contributed by atoms with Crippen molar-refractivity contribution in [2.75, 3.05) is 0 Å². The van der Waals surface area contributed by atoms with Crippen LogP contribution in [0, 0.1) is 0 Å². The fraction of sp³-hybridized carbons (Fsp3) is 0. The van der Waals surface area contributed by atoms with Crippen LogP contribution in [0.4, 0.5) is 0 Å². The van der Waals surface area contributed by atoms with Gasteiger partial charge in [-0.2, -0.15) is 0 Å². The van der Waals surface area contributed by atoms with Crippen LogP contribution in [0.2, 0.25) is 0 Å². The third kappa shape index (κ3) is 7.06. The molecule has 5 heterocycles. The van der Waals surface area contributed by atoms with Gasteiger partial charge in [0.1, 0.15) is 0 Å². The second-order valence-electron chi connectivity index (χ2n) is 21.2. The van der Waals surface area contributed by atoms with Gasteiger partial charge in [0.2, 0.25) is 0 Å². The van der Waals surface area contributed by atoms with E-state index in [2.05, 4.69) is 285 Å². The molecule has 17 rings (SSSR count). The molecule has 7 heteroatoms. The van der Waals surface area contributed by atoms with Crippen LogP contribution in [-0.2, 0) is 0 Å². The molecular formula is C75H47N7. The summed E-state index contributed by atoms with van der Waals surface area (Å²) in [6.07, 6.45) is 0. The molecule has 0 N–H and O–H groups in total. The van der Waals surface area contributed by atoms with Gasteiger partial charge in [0, 0.05) is 71.2 Å². The van der Waals surface area contributed by atoms with Crippen LogP contribution in [0.3, 0.4) is 0 Å². The summed E-state index contributed by atoms with van der Waals surface area (Å²) in [6, 6.07) is 102. The van der Waals surface area contributed by atoms with Gasteiger partial charge in [0.25, 0.3) is 0 Å². The predicted octanol–water partition coefficient (Wildman–Crippen LogP) is 18.9. The Morgan fingerprint density at radius 2 is 0.524 bits per heavy atom. The van der Waals surface area contributed by atoms with E-state index in [-0.39, 0.29) is 0 Å². The lowest BCUT2D eigenvalue weighted by molar-refractivity contribution is 1.07. The Hall–Kier alpha value is -11.2. The minimum Gasteiger partial charge on any atom is -0.309 e. The number of nitrogens with zero attached hydrogens (tertiary/aromatic N) is 7. The number of aromatic nitrogens is 7. The largest absolute Gasteiger partial charge is 0.309 e. The number of para-hydroxylation sites is 7. The second kappa shape index (κ2) is 18.2. The van der Waals surface area contributed by atoms with E-state index in [1.165, 1.54) is 54.1 Å². The van der Waals surface area contributed by atoms with E-state index in [0.717, 1.165) is 83.7 Å². The maximum Gasteiger partial charge on any atom is 0.164 e. The molecule has 0 spiro atoms. The third-order valence-corrected chi connectivity index (χ3v) is 16.6. The van der Waals surface area contributed by atoms with Gasteiger partial charge < -0.3 is 18.3 Å². The number of hydrogen-bond acceptors (Lipinski definition) is 3. The molecule has 0 saturated carbocycles. The van der Waals surface area contributed by atoms with Crippen molar-refractivity contribution in [3.8, 4) is 68.0 Å². The van der Waals surface area contributed by atoms with Crippen LogP contribution in [0.5, 0.6) is 0 Å². The van der Waals surface area contributed by atoms with Crippen LogP contribution in [0.1, 0.15) is 0 Å². The van der Waals surface area contributed by atoms with E-state index in [1.54, 1.807) is 0 Å². The van der Waals surface area contributed by atoms with Crippen molar-refractivity contribution < 1.29 is 0 Å². The van der Waals surface area contributed by atoms with E-state index in [1.807, 2.05) is 18.2 Å². The van der Waals surface area contributed by atoms with Crippen LogP contribution in [0.25, 0.3) is 155 Å². The van der Waals surface area contributed by atoms with Gasteiger partial charge in [0.05, 0.1) is 55.5 Å². The zero-order valence-corrected chi connectivity index (χ0v) is 44.3. The minimum atomic E-state index is 0.593. The highest BCUT2D eigenvalue weighted by Crippen LogP contribution is 2.42. The highest BCUT2D eigenvalue weighted by Gasteiger charge is 2.23. The molecule has 7 nitrogen and oxygen atoms in total. The molecule has 0 bridgehead atoms. The lowest BCUT2D eigenvalue weighted by atomic mass is 10.0. The standard InChI is InChI=1S/C75H47N7/c1-2-20-48(21-3-1)73-76-74(78-75(77-73)52-24-19-25-53(45-52)79-63-33-11-4-26-55(63)56-27-5-12-34-64(56)79)51-23-18-22-49(44-51)50-40-43-70(81-67-37-15-8-30-59(67)60-31-9-16-38-68(60)81)72(46-50)82-69-39-17-10-32-61(69)62-42-41-54(47-71(62)82)80-65-35-13-6-28-57(65)58-29-7-14-36-66(58)80/h1-47H. The van der Waals surface area contributed by atoms with Gasteiger partial charge in [0.15, 0.2) is 17.5 Å². The van der Waals surface area contributed by atoms with Crippen LogP contribution in [0.15, 0.2) is 285 Å². The Balaban J connectivity index is 0.870. The molecule has 0 aliphatic heterocycles. The van der Waals surface area contributed by atoms with Gasteiger partial charge in [-0.1, -0.05) is 200 Å². The summed E-state index contributed by atoms with van der Waals surface area (Å²) >= 11 is 0. The van der Waals surface area contributed by atoms with E-state index >= 15 is 0 Å². The molecule has 0 unspecified atom stereocenters. The zero-order chi connectivity index (χ0) is 53.8. The van der Waals surface area contributed by atoms with Crippen molar-refractivity contribution in [1.29, 1.82) is 0 Å². The molecule has 5 aromatic heterocycles. The van der Waals surface area contributed by atoms with Gasteiger partial charge in [-0.25, -0.2) is 15.0 Å². The number of fused-ring (bicyclic) bond motifs is 12. The minimum absolute atomic E-state index is 0.593. The first-order valence-corrected chi connectivity index (χ1v) is 27.8. The zero-order valence-electron chi connectivity index (χ0n) is 44.3. The maximum absolute atomic E-state index is 5.34. The second-order valence-corrected chi connectivity index (χ2v) is 21.2. The van der Waals surface area contributed by atoms with Crippen molar-refractivity contribution >= 4 is 87.2 Å². The smallest absolute Gasteiger partial charge is 0.164 e. The molecular weight excluding hydrogens is 999 g/mol. The Morgan fingerprint density at radius 1 is 0.183 bits per heavy atom. The monoisotopic (exact) mass is 1050 g/mol. The number of benzene rings is 12. The molecule has 0 radical (unpaired) electrons. The molecule has 17 aromatic rings.